The lowest BCUT2D eigenvalue weighted by atomic mass is 9.91. The molecule has 0 fully saturated rings. The van der Waals surface area contributed by atoms with E-state index in [1.807, 2.05) is 33.8 Å². The fraction of sp³-hybridized carbons (Fsp3) is 0.312. The molecule has 0 aliphatic rings. The minimum Gasteiger partial charge on any atom is -0.320 e. The molecule has 2 aromatic rings. The summed E-state index contributed by atoms with van der Waals surface area (Å²) in [5.74, 6) is -0.221. The van der Waals surface area contributed by atoms with Crippen molar-refractivity contribution in [3.05, 3.63) is 52.6 Å². The third-order valence-electron chi connectivity index (χ3n) is 3.11. The summed E-state index contributed by atoms with van der Waals surface area (Å²) in [7, 11) is 0. The van der Waals surface area contributed by atoms with Crippen LogP contribution in [0.4, 0.5) is 5.69 Å². The van der Waals surface area contributed by atoms with Crippen molar-refractivity contribution in [3.8, 4) is 0 Å². The number of aryl methyl sites for hydroxylation is 1. The molecule has 2 aromatic heterocycles. The highest BCUT2D eigenvalue weighted by Crippen LogP contribution is 2.24. The average Bonchev–Trinajstić information content (AvgIpc) is 2.39. The number of nitrogens with one attached hydrogen (secondary N) is 1. The molecule has 5 heteroatoms. The number of hydrogen-bond donors (Lipinski definition) is 1. The van der Waals surface area contributed by atoms with E-state index in [0.29, 0.717) is 16.4 Å². The van der Waals surface area contributed by atoms with E-state index in [9.17, 15) is 4.79 Å². The number of amides is 1. The highest BCUT2D eigenvalue weighted by atomic mass is 35.5. The third kappa shape index (κ3) is 3.79. The highest BCUT2D eigenvalue weighted by Gasteiger charge is 2.19. The van der Waals surface area contributed by atoms with Gasteiger partial charge >= 0.3 is 0 Å². The SMILES string of the molecule is Cc1ccncc1NC(=O)c1cc(Cl)nc(C(C)(C)C)c1. The number of carbonyl (C=O) groups is 1. The lowest BCUT2D eigenvalue weighted by molar-refractivity contribution is 0.102. The molecule has 2 heterocycles. The van der Waals surface area contributed by atoms with Crippen LogP contribution in [-0.4, -0.2) is 15.9 Å². The first-order valence-electron chi connectivity index (χ1n) is 6.67. The Balaban J connectivity index is 2.32. The van der Waals surface area contributed by atoms with Crippen molar-refractivity contribution in [1.29, 1.82) is 0 Å². The maximum Gasteiger partial charge on any atom is 0.255 e. The van der Waals surface area contributed by atoms with Crippen LogP contribution in [0, 0.1) is 6.92 Å². The molecule has 0 spiro atoms. The molecule has 0 aliphatic carbocycles. The Labute approximate surface area is 129 Å². The Kier molecular flexibility index (Phi) is 4.28. The number of pyridine rings is 2. The Hall–Kier alpha value is -1.94. The Morgan fingerprint density at radius 2 is 2.00 bits per heavy atom. The van der Waals surface area contributed by atoms with Gasteiger partial charge in [-0.05, 0) is 30.7 Å². The van der Waals surface area contributed by atoms with E-state index >= 15 is 0 Å². The highest BCUT2D eigenvalue weighted by molar-refractivity contribution is 6.29. The number of aromatic nitrogens is 2. The summed E-state index contributed by atoms with van der Waals surface area (Å²) < 4.78 is 0. The topological polar surface area (TPSA) is 54.9 Å². The molecule has 0 unspecified atom stereocenters. The van der Waals surface area contributed by atoms with Gasteiger partial charge in [0.2, 0.25) is 0 Å². The minimum atomic E-state index is -0.221. The van der Waals surface area contributed by atoms with Crippen molar-refractivity contribution in [2.24, 2.45) is 0 Å². The fourth-order valence-corrected chi connectivity index (χ4v) is 2.01. The van der Waals surface area contributed by atoms with Crippen LogP contribution < -0.4 is 5.32 Å². The second kappa shape index (κ2) is 5.82. The fourth-order valence-electron chi connectivity index (χ4n) is 1.80. The van der Waals surface area contributed by atoms with Crippen LogP contribution in [0.15, 0.2) is 30.6 Å². The second-order valence-corrected chi connectivity index (χ2v) is 6.35. The van der Waals surface area contributed by atoms with Gasteiger partial charge in [-0.25, -0.2) is 4.98 Å². The van der Waals surface area contributed by atoms with Gasteiger partial charge in [-0.15, -0.1) is 0 Å². The molecule has 2 rings (SSSR count). The van der Waals surface area contributed by atoms with Crippen molar-refractivity contribution in [2.75, 3.05) is 5.32 Å². The van der Waals surface area contributed by atoms with Crippen LogP contribution in [0.5, 0.6) is 0 Å². The van der Waals surface area contributed by atoms with Crippen LogP contribution in [0.2, 0.25) is 5.15 Å². The predicted molar refractivity (Wildman–Crippen MR) is 84.9 cm³/mol. The number of anilines is 1. The number of halogens is 1. The van der Waals surface area contributed by atoms with E-state index in [1.54, 1.807) is 24.5 Å². The molecule has 1 amide bonds. The van der Waals surface area contributed by atoms with Crippen molar-refractivity contribution in [1.82, 2.24) is 9.97 Å². The lowest BCUT2D eigenvalue weighted by Gasteiger charge is -2.18. The van der Waals surface area contributed by atoms with Gasteiger partial charge in [0.1, 0.15) is 5.15 Å². The molecule has 0 radical (unpaired) electrons. The molecule has 0 aromatic carbocycles. The molecule has 0 aliphatic heterocycles. The summed E-state index contributed by atoms with van der Waals surface area (Å²) in [6.07, 6.45) is 3.31. The summed E-state index contributed by atoms with van der Waals surface area (Å²) >= 11 is 6.03. The maximum absolute atomic E-state index is 12.4. The summed E-state index contributed by atoms with van der Waals surface area (Å²) in [5.41, 5.74) is 2.73. The molecule has 0 atom stereocenters. The molecule has 0 saturated carbocycles. The van der Waals surface area contributed by atoms with Crippen molar-refractivity contribution >= 4 is 23.2 Å². The molecule has 0 saturated heterocycles. The first kappa shape index (κ1) is 15.4. The first-order chi connectivity index (χ1) is 9.77. The van der Waals surface area contributed by atoms with Gasteiger partial charge in [0.05, 0.1) is 11.9 Å². The molecular weight excluding hydrogens is 286 g/mol. The number of nitrogens with zero attached hydrogens (tertiary/aromatic N) is 2. The van der Waals surface area contributed by atoms with Gasteiger partial charge in [-0.1, -0.05) is 32.4 Å². The van der Waals surface area contributed by atoms with Crippen molar-refractivity contribution in [2.45, 2.75) is 33.1 Å². The number of rotatable bonds is 2. The van der Waals surface area contributed by atoms with Gasteiger partial charge in [0.25, 0.3) is 5.91 Å². The summed E-state index contributed by atoms with van der Waals surface area (Å²) in [6, 6.07) is 5.18. The monoisotopic (exact) mass is 303 g/mol. The molecule has 1 N–H and O–H groups in total. The molecule has 4 nitrogen and oxygen atoms in total. The minimum absolute atomic E-state index is 0.176. The van der Waals surface area contributed by atoms with E-state index < -0.39 is 0 Å². The number of carbonyl (C=O) groups excluding carboxylic acids is 1. The van der Waals surface area contributed by atoms with Crippen molar-refractivity contribution in [3.63, 3.8) is 0 Å². The zero-order chi connectivity index (χ0) is 15.6. The predicted octanol–water partition coefficient (Wildman–Crippen LogP) is 3.99. The van der Waals surface area contributed by atoms with Crippen LogP contribution in [0.25, 0.3) is 0 Å². The van der Waals surface area contributed by atoms with E-state index in [-0.39, 0.29) is 11.3 Å². The van der Waals surface area contributed by atoms with Gasteiger partial charge in [-0.3, -0.25) is 9.78 Å². The molecule has 110 valence electrons. The quantitative estimate of drug-likeness (QED) is 0.854. The van der Waals surface area contributed by atoms with Crippen LogP contribution in [-0.2, 0) is 5.41 Å². The molecule has 21 heavy (non-hydrogen) atoms. The molecule has 0 bridgehead atoms. The van der Waals surface area contributed by atoms with Gasteiger partial charge < -0.3 is 5.32 Å². The van der Waals surface area contributed by atoms with Gasteiger partial charge in [0.15, 0.2) is 0 Å². The first-order valence-corrected chi connectivity index (χ1v) is 7.05. The third-order valence-corrected chi connectivity index (χ3v) is 3.31. The Morgan fingerprint density at radius 1 is 1.29 bits per heavy atom. The van der Waals surface area contributed by atoms with Crippen molar-refractivity contribution < 1.29 is 4.79 Å². The number of hydrogen-bond acceptors (Lipinski definition) is 3. The van der Waals surface area contributed by atoms with Crippen LogP contribution >= 0.6 is 11.6 Å². The zero-order valence-corrected chi connectivity index (χ0v) is 13.3. The Morgan fingerprint density at radius 3 is 2.62 bits per heavy atom. The van der Waals surface area contributed by atoms with Crippen LogP contribution in [0.3, 0.4) is 0 Å². The summed E-state index contributed by atoms with van der Waals surface area (Å²) in [5, 5.41) is 3.16. The largest absolute Gasteiger partial charge is 0.320 e. The average molecular weight is 304 g/mol. The van der Waals surface area contributed by atoms with E-state index in [0.717, 1.165) is 11.3 Å². The smallest absolute Gasteiger partial charge is 0.255 e. The van der Waals surface area contributed by atoms with Gasteiger partial charge in [0, 0.05) is 22.9 Å². The maximum atomic E-state index is 12.4. The Bertz CT molecular complexity index is 677. The van der Waals surface area contributed by atoms with E-state index in [4.69, 9.17) is 11.6 Å². The summed E-state index contributed by atoms with van der Waals surface area (Å²) in [4.78, 5) is 20.7. The summed E-state index contributed by atoms with van der Waals surface area (Å²) in [6.45, 7) is 7.99. The van der Waals surface area contributed by atoms with Crippen LogP contribution in [0.1, 0.15) is 42.4 Å². The van der Waals surface area contributed by atoms with Gasteiger partial charge in [-0.2, -0.15) is 0 Å². The van der Waals surface area contributed by atoms with E-state index in [2.05, 4.69) is 15.3 Å². The standard InChI is InChI=1S/C16H18ClN3O/c1-10-5-6-18-9-12(10)19-15(21)11-7-13(16(2,3)4)20-14(17)8-11/h5-9H,1-4H3,(H,19,21). The normalized spacial score (nSPS) is 11.3. The lowest BCUT2D eigenvalue weighted by Crippen LogP contribution is -2.18. The van der Waals surface area contributed by atoms with E-state index in [1.165, 1.54) is 0 Å². The molecular formula is C16H18ClN3O. The zero-order valence-electron chi connectivity index (χ0n) is 12.6. The second-order valence-electron chi connectivity index (χ2n) is 5.96.